The summed E-state index contributed by atoms with van der Waals surface area (Å²) >= 11 is 0. The quantitative estimate of drug-likeness (QED) is 0.804. The van der Waals surface area contributed by atoms with Gasteiger partial charge in [-0.2, -0.15) is 0 Å². The maximum Gasteiger partial charge on any atom is 0.146 e. The van der Waals surface area contributed by atoms with E-state index in [-0.39, 0.29) is 5.82 Å². The lowest BCUT2D eigenvalue weighted by Gasteiger charge is -2.29. The molecule has 1 aromatic rings. The molecular formula is C15H22FN. The molecule has 1 aliphatic carbocycles. The Morgan fingerprint density at radius 3 is 2.53 bits per heavy atom. The number of para-hydroxylation sites is 1. The van der Waals surface area contributed by atoms with Gasteiger partial charge in [0.2, 0.25) is 0 Å². The van der Waals surface area contributed by atoms with Crippen molar-refractivity contribution in [2.24, 2.45) is 5.92 Å². The Labute approximate surface area is 103 Å². The van der Waals surface area contributed by atoms with E-state index in [0.29, 0.717) is 11.7 Å². The van der Waals surface area contributed by atoms with Gasteiger partial charge < -0.3 is 5.32 Å². The van der Waals surface area contributed by atoms with Crippen molar-refractivity contribution in [1.82, 2.24) is 0 Å². The first kappa shape index (κ1) is 12.4. The topological polar surface area (TPSA) is 12.0 Å². The Kier molecular flexibility index (Phi) is 4.41. The molecule has 0 unspecified atom stereocenters. The van der Waals surface area contributed by atoms with Gasteiger partial charge in [0, 0.05) is 6.04 Å². The predicted octanol–water partition coefficient (Wildman–Crippen LogP) is 4.60. The van der Waals surface area contributed by atoms with Gasteiger partial charge in [0.15, 0.2) is 0 Å². The van der Waals surface area contributed by atoms with E-state index in [4.69, 9.17) is 0 Å². The zero-order valence-electron chi connectivity index (χ0n) is 10.6. The first-order chi connectivity index (χ1) is 8.29. The summed E-state index contributed by atoms with van der Waals surface area (Å²) in [6.07, 6.45) is 7.58. The predicted molar refractivity (Wildman–Crippen MR) is 70.7 cm³/mol. The molecule has 1 nitrogen and oxygen atoms in total. The fourth-order valence-corrected chi connectivity index (χ4v) is 2.80. The van der Waals surface area contributed by atoms with Gasteiger partial charge in [-0.25, -0.2) is 4.39 Å². The molecule has 0 atom stereocenters. The molecule has 1 N–H and O–H groups in total. The van der Waals surface area contributed by atoms with Gasteiger partial charge in [-0.1, -0.05) is 31.9 Å². The second-order valence-electron chi connectivity index (χ2n) is 5.13. The van der Waals surface area contributed by atoms with Crippen LogP contribution in [0, 0.1) is 11.7 Å². The fraction of sp³-hybridized carbons (Fsp3) is 0.600. The van der Waals surface area contributed by atoms with Gasteiger partial charge in [0.1, 0.15) is 5.82 Å². The zero-order valence-corrected chi connectivity index (χ0v) is 10.6. The Bertz CT molecular complexity index is 343. The fourth-order valence-electron chi connectivity index (χ4n) is 2.80. The van der Waals surface area contributed by atoms with Gasteiger partial charge in [0.25, 0.3) is 0 Å². The second kappa shape index (κ2) is 6.04. The molecule has 2 heteroatoms. The van der Waals surface area contributed by atoms with E-state index in [1.54, 1.807) is 6.07 Å². The smallest absolute Gasteiger partial charge is 0.146 e. The van der Waals surface area contributed by atoms with Crippen LogP contribution >= 0.6 is 0 Å². The summed E-state index contributed by atoms with van der Waals surface area (Å²) in [5, 5.41) is 3.34. The number of anilines is 1. The molecule has 17 heavy (non-hydrogen) atoms. The molecule has 94 valence electrons. The minimum atomic E-state index is -0.136. The highest BCUT2D eigenvalue weighted by Gasteiger charge is 2.20. The highest BCUT2D eigenvalue weighted by molar-refractivity contribution is 5.45. The monoisotopic (exact) mass is 235 g/mol. The molecule has 0 bridgehead atoms. The molecule has 1 saturated carbocycles. The van der Waals surface area contributed by atoms with Crippen LogP contribution < -0.4 is 5.32 Å². The van der Waals surface area contributed by atoms with E-state index in [9.17, 15) is 4.39 Å². The molecule has 1 fully saturated rings. The maximum atomic E-state index is 13.5. The van der Waals surface area contributed by atoms with Gasteiger partial charge in [0.05, 0.1) is 5.69 Å². The van der Waals surface area contributed by atoms with Crippen molar-refractivity contribution in [2.45, 2.75) is 51.5 Å². The van der Waals surface area contributed by atoms with E-state index < -0.39 is 0 Å². The maximum absolute atomic E-state index is 13.5. The van der Waals surface area contributed by atoms with Crippen molar-refractivity contribution in [3.05, 3.63) is 30.1 Å². The molecule has 0 heterocycles. The molecule has 1 aromatic carbocycles. The second-order valence-corrected chi connectivity index (χ2v) is 5.13. The normalized spacial score (nSPS) is 24.6. The summed E-state index contributed by atoms with van der Waals surface area (Å²) in [7, 11) is 0. The van der Waals surface area contributed by atoms with Crippen LogP contribution in [0.2, 0.25) is 0 Å². The van der Waals surface area contributed by atoms with E-state index in [2.05, 4.69) is 12.2 Å². The highest BCUT2D eigenvalue weighted by atomic mass is 19.1. The Morgan fingerprint density at radius 2 is 1.88 bits per heavy atom. The third-order valence-corrected chi connectivity index (χ3v) is 3.78. The molecule has 0 spiro atoms. The Balaban J connectivity index is 1.84. The van der Waals surface area contributed by atoms with Crippen LogP contribution in [-0.2, 0) is 0 Å². The lowest BCUT2D eigenvalue weighted by atomic mass is 9.83. The van der Waals surface area contributed by atoms with Crippen molar-refractivity contribution >= 4 is 5.69 Å². The van der Waals surface area contributed by atoms with Crippen LogP contribution in [-0.4, -0.2) is 6.04 Å². The van der Waals surface area contributed by atoms with Gasteiger partial charge in [-0.05, 0) is 43.7 Å². The van der Waals surface area contributed by atoms with Crippen LogP contribution in [0.4, 0.5) is 10.1 Å². The number of rotatable bonds is 4. The van der Waals surface area contributed by atoms with E-state index in [1.807, 2.05) is 12.1 Å². The van der Waals surface area contributed by atoms with E-state index in [1.165, 1.54) is 44.6 Å². The minimum absolute atomic E-state index is 0.136. The standard InChI is InChI=1S/C15H22FN/c1-2-5-12-8-10-13(11-9-12)17-15-7-4-3-6-14(15)16/h3-4,6-7,12-13,17H,2,5,8-11H2,1H3. The van der Waals surface area contributed by atoms with Crippen LogP contribution in [0.5, 0.6) is 0 Å². The van der Waals surface area contributed by atoms with Crippen LogP contribution in [0.15, 0.2) is 24.3 Å². The Morgan fingerprint density at radius 1 is 1.18 bits per heavy atom. The minimum Gasteiger partial charge on any atom is -0.380 e. The molecule has 0 aromatic heterocycles. The molecule has 0 saturated heterocycles. The summed E-state index contributed by atoms with van der Waals surface area (Å²) in [4.78, 5) is 0. The van der Waals surface area contributed by atoms with Crippen molar-refractivity contribution in [3.63, 3.8) is 0 Å². The average Bonchev–Trinajstić information content (AvgIpc) is 2.35. The third kappa shape index (κ3) is 3.45. The van der Waals surface area contributed by atoms with Crippen LogP contribution in [0.1, 0.15) is 45.4 Å². The van der Waals surface area contributed by atoms with Crippen molar-refractivity contribution < 1.29 is 4.39 Å². The van der Waals surface area contributed by atoms with E-state index >= 15 is 0 Å². The Hall–Kier alpha value is -1.05. The number of halogens is 1. The van der Waals surface area contributed by atoms with Gasteiger partial charge >= 0.3 is 0 Å². The zero-order chi connectivity index (χ0) is 12.1. The first-order valence-corrected chi connectivity index (χ1v) is 6.80. The number of hydrogen-bond acceptors (Lipinski definition) is 1. The lowest BCUT2D eigenvalue weighted by molar-refractivity contribution is 0.318. The van der Waals surface area contributed by atoms with Gasteiger partial charge in [-0.15, -0.1) is 0 Å². The van der Waals surface area contributed by atoms with Crippen molar-refractivity contribution in [3.8, 4) is 0 Å². The highest BCUT2D eigenvalue weighted by Crippen LogP contribution is 2.29. The van der Waals surface area contributed by atoms with Crippen molar-refractivity contribution in [1.29, 1.82) is 0 Å². The third-order valence-electron chi connectivity index (χ3n) is 3.78. The number of nitrogens with one attached hydrogen (secondary N) is 1. The molecule has 2 rings (SSSR count). The molecule has 0 amide bonds. The molecule has 0 aliphatic heterocycles. The first-order valence-electron chi connectivity index (χ1n) is 6.80. The largest absolute Gasteiger partial charge is 0.380 e. The summed E-state index contributed by atoms with van der Waals surface area (Å²) in [5.41, 5.74) is 0.659. The summed E-state index contributed by atoms with van der Waals surface area (Å²) < 4.78 is 13.5. The molecular weight excluding hydrogens is 213 g/mol. The molecule has 0 radical (unpaired) electrons. The lowest BCUT2D eigenvalue weighted by Crippen LogP contribution is -2.26. The molecule has 1 aliphatic rings. The van der Waals surface area contributed by atoms with Crippen molar-refractivity contribution in [2.75, 3.05) is 5.32 Å². The summed E-state index contributed by atoms with van der Waals surface area (Å²) in [6, 6.07) is 7.42. The van der Waals surface area contributed by atoms with Gasteiger partial charge in [-0.3, -0.25) is 0 Å². The number of benzene rings is 1. The van der Waals surface area contributed by atoms with Crippen LogP contribution in [0.3, 0.4) is 0 Å². The average molecular weight is 235 g/mol. The summed E-state index contributed by atoms with van der Waals surface area (Å²) in [6.45, 7) is 2.25. The van der Waals surface area contributed by atoms with E-state index in [0.717, 1.165) is 5.92 Å². The summed E-state index contributed by atoms with van der Waals surface area (Å²) in [5.74, 6) is 0.766. The van der Waals surface area contributed by atoms with Crippen LogP contribution in [0.25, 0.3) is 0 Å². The number of hydrogen-bond donors (Lipinski definition) is 1. The SMILES string of the molecule is CCCC1CCC(Nc2ccccc2F)CC1.